The molecule has 0 aromatic heterocycles. The van der Waals surface area contributed by atoms with Gasteiger partial charge in [-0.15, -0.1) is 0 Å². The van der Waals surface area contributed by atoms with Crippen molar-refractivity contribution in [2.75, 3.05) is 0 Å². The van der Waals surface area contributed by atoms with Gasteiger partial charge >= 0.3 is 0 Å². The highest BCUT2D eigenvalue weighted by Crippen LogP contribution is 2.16. The highest BCUT2D eigenvalue weighted by Gasteiger charge is 1.94. The molecule has 2 aromatic carbocycles. The van der Waals surface area contributed by atoms with Crippen molar-refractivity contribution in [3.8, 4) is 0 Å². The third-order valence-corrected chi connectivity index (χ3v) is 2.23. The molecule has 15 heavy (non-hydrogen) atoms. The Kier molecular flexibility index (Phi) is 2.99. The Morgan fingerprint density at radius 1 is 0.800 bits per heavy atom. The summed E-state index contributed by atoms with van der Waals surface area (Å²) in [5.41, 5.74) is 2.97. The smallest absolute Gasteiger partial charge is 0.000545 e. The molecule has 0 aliphatic heterocycles. The van der Waals surface area contributed by atoms with Gasteiger partial charge in [-0.05, 0) is 23.6 Å². The first kappa shape index (κ1) is 9.72. The standard InChI is InChI=1S/C15H12/c1-13(15-10-6-3-7-11-15)12-14-8-4-2-5-9-14/h1-12H/b13-12-. The summed E-state index contributed by atoms with van der Waals surface area (Å²) < 4.78 is 0. The third kappa shape index (κ3) is 2.57. The van der Waals surface area contributed by atoms with Gasteiger partial charge in [-0.25, -0.2) is 0 Å². The van der Waals surface area contributed by atoms with E-state index >= 15 is 0 Å². The van der Waals surface area contributed by atoms with Gasteiger partial charge < -0.3 is 0 Å². The lowest BCUT2D eigenvalue weighted by Crippen LogP contribution is -1.78. The van der Waals surface area contributed by atoms with E-state index in [1.807, 2.05) is 66.7 Å². The van der Waals surface area contributed by atoms with E-state index in [-0.39, 0.29) is 0 Å². The van der Waals surface area contributed by atoms with Crippen LogP contribution in [-0.2, 0) is 0 Å². The van der Waals surface area contributed by atoms with Crippen molar-refractivity contribution in [2.24, 2.45) is 0 Å². The Balaban J connectivity index is 2.29. The van der Waals surface area contributed by atoms with E-state index in [4.69, 9.17) is 6.92 Å². The summed E-state index contributed by atoms with van der Waals surface area (Å²) in [5.74, 6) is 0. The second-order valence-corrected chi connectivity index (χ2v) is 3.38. The summed E-state index contributed by atoms with van der Waals surface area (Å²) in [6.45, 7) is 5.99. The zero-order valence-corrected chi connectivity index (χ0v) is 8.43. The van der Waals surface area contributed by atoms with Crippen molar-refractivity contribution in [1.29, 1.82) is 0 Å². The summed E-state index contributed by atoms with van der Waals surface area (Å²) in [4.78, 5) is 0. The summed E-state index contributed by atoms with van der Waals surface area (Å²) in [5, 5.41) is 0. The molecule has 0 aliphatic rings. The van der Waals surface area contributed by atoms with Crippen molar-refractivity contribution in [2.45, 2.75) is 0 Å². The van der Waals surface area contributed by atoms with Crippen molar-refractivity contribution < 1.29 is 0 Å². The first-order valence-electron chi connectivity index (χ1n) is 4.94. The van der Waals surface area contributed by atoms with E-state index in [1.54, 1.807) is 0 Å². The predicted molar refractivity (Wildman–Crippen MR) is 65.1 cm³/mol. The average molecular weight is 192 g/mol. The summed E-state index contributed by atoms with van der Waals surface area (Å²) >= 11 is 0. The second-order valence-electron chi connectivity index (χ2n) is 3.38. The van der Waals surface area contributed by atoms with Crippen LogP contribution in [0.3, 0.4) is 0 Å². The van der Waals surface area contributed by atoms with E-state index in [0.717, 1.165) is 16.7 Å². The van der Waals surface area contributed by atoms with Gasteiger partial charge in [0.25, 0.3) is 0 Å². The highest BCUT2D eigenvalue weighted by molar-refractivity contribution is 5.83. The molecule has 0 heteroatoms. The lowest BCUT2D eigenvalue weighted by atomic mass is 10.0. The highest BCUT2D eigenvalue weighted by atomic mass is 14.0. The Morgan fingerprint density at radius 2 is 1.33 bits per heavy atom. The number of hydrogen-bond donors (Lipinski definition) is 0. The molecule has 0 unspecified atom stereocenters. The van der Waals surface area contributed by atoms with Crippen LogP contribution in [0.25, 0.3) is 11.6 Å². The molecule has 0 saturated heterocycles. The maximum absolute atomic E-state index is 5.99. The fourth-order valence-corrected chi connectivity index (χ4v) is 1.44. The van der Waals surface area contributed by atoms with Crippen LogP contribution in [0.1, 0.15) is 11.1 Å². The number of benzene rings is 2. The maximum Gasteiger partial charge on any atom is -0.000545 e. The van der Waals surface area contributed by atoms with Crippen molar-refractivity contribution >= 4 is 11.6 Å². The molecule has 0 amide bonds. The summed E-state index contributed by atoms with van der Waals surface area (Å²) in [7, 11) is 0. The van der Waals surface area contributed by atoms with Crippen molar-refractivity contribution in [3.63, 3.8) is 0 Å². The topological polar surface area (TPSA) is 0 Å². The van der Waals surface area contributed by atoms with Crippen LogP contribution < -0.4 is 0 Å². The third-order valence-electron chi connectivity index (χ3n) is 2.23. The Morgan fingerprint density at radius 3 is 1.93 bits per heavy atom. The fraction of sp³-hybridized carbons (Fsp3) is 0. The van der Waals surface area contributed by atoms with Gasteiger partial charge in [-0.1, -0.05) is 66.7 Å². The minimum atomic E-state index is 0.793. The van der Waals surface area contributed by atoms with Crippen LogP contribution in [0, 0.1) is 6.92 Å². The summed E-state index contributed by atoms with van der Waals surface area (Å²) in [6, 6.07) is 20.1. The van der Waals surface area contributed by atoms with Crippen LogP contribution in [0.4, 0.5) is 0 Å². The molecular formula is C15H12. The average Bonchev–Trinajstić information content (AvgIpc) is 2.31. The van der Waals surface area contributed by atoms with Crippen molar-refractivity contribution in [1.82, 2.24) is 0 Å². The molecule has 0 aliphatic carbocycles. The summed E-state index contributed by atoms with van der Waals surface area (Å²) in [6.07, 6.45) is 1.98. The molecule has 0 fully saturated rings. The predicted octanol–water partition coefficient (Wildman–Crippen LogP) is 3.94. The zero-order valence-electron chi connectivity index (χ0n) is 8.43. The molecule has 0 N–H and O–H groups in total. The van der Waals surface area contributed by atoms with Gasteiger partial charge in [-0.3, -0.25) is 0 Å². The Hall–Kier alpha value is -1.82. The normalized spacial score (nSPS) is 11.4. The Bertz CT molecular complexity index is 438. The number of rotatable bonds is 2. The van der Waals surface area contributed by atoms with Gasteiger partial charge in [0.1, 0.15) is 0 Å². The minimum Gasteiger partial charge on any atom is -0.0622 e. The molecule has 0 saturated carbocycles. The lowest BCUT2D eigenvalue weighted by molar-refractivity contribution is 1.62. The van der Waals surface area contributed by atoms with Gasteiger partial charge in [0.2, 0.25) is 0 Å². The molecule has 2 aromatic rings. The Labute approximate surface area is 90.9 Å². The molecule has 2 radical (unpaired) electrons. The SMILES string of the molecule is [CH]/C(=C/c1ccccc1)c1ccccc1. The van der Waals surface area contributed by atoms with Crippen LogP contribution in [-0.4, -0.2) is 0 Å². The van der Waals surface area contributed by atoms with Crippen LogP contribution in [0.2, 0.25) is 0 Å². The van der Waals surface area contributed by atoms with Gasteiger partial charge in [0.15, 0.2) is 0 Å². The van der Waals surface area contributed by atoms with Crippen LogP contribution in [0.5, 0.6) is 0 Å². The largest absolute Gasteiger partial charge is 0.0622 e. The molecule has 0 heterocycles. The van der Waals surface area contributed by atoms with E-state index < -0.39 is 0 Å². The molecular weight excluding hydrogens is 180 g/mol. The zero-order chi connectivity index (χ0) is 10.5. The van der Waals surface area contributed by atoms with Crippen LogP contribution in [0.15, 0.2) is 60.7 Å². The van der Waals surface area contributed by atoms with Crippen LogP contribution >= 0.6 is 0 Å². The van der Waals surface area contributed by atoms with Crippen molar-refractivity contribution in [3.05, 3.63) is 78.7 Å². The van der Waals surface area contributed by atoms with E-state index in [1.165, 1.54) is 0 Å². The first-order valence-corrected chi connectivity index (χ1v) is 4.94. The monoisotopic (exact) mass is 192 g/mol. The molecule has 0 spiro atoms. The molecule has 0 nitrogen and oxygen atoms in total. The molecule has 0 bridgehead atoms. The molecule has 2 rings (SSSR count). The van der Waals surface area contributed by atoms with E-state index in [9.17, 15) is 0 Å². The number of allylic oxidation sites excluding steroid dienone is 1. The van der Waals surface area contributed by atoms with E-state index in [0.29, 0.717) is 0 Å². The second kappa shape index (κ2) is 4.61. The lowest BCUT2D eigenvalue weighted by Gasteiger charge is -2.00. The van der Waals surface area contributed by atoms with Gasteiger partial charge in [0, 0.05) is 0 Å². The number of hydrogen-bond acceptors (Lipinski definition) is 0. The fourth-order valence-electron chi connectivity index (χ4n) is 1.44. The quantitative estimate of drug-likeness (QED) is 0.632. The minimum absolute atomic E-state index is 0.793. The van der Waals surface area contributed by atoms with Gasteiger partial charge in [-0.2, -0.15) is 0 Å². The molecule has 72 valence electrons. The van der Waals surface area contributed by atoms with Gasteiger partial charge in [0.05, 0.1) is 0 Å². The first-order chi connectivity index (χ1) is 7.36. The molecule has 0 atom stereocenters. The van der Waals surface area contributed by atoms with E-state index in [2.05, 4.69) is 0 Å². The maximum atomic E-state index is 5.99.